The molecular formula is C21H29N3O2S. The van der Waals surface area contributed by atoms with Crippen LogP contribution >= 0.6 is 11.3 Å². The average Bonchev–Trinajstić information content (AvgIpc) is 3.19. The Hall–Kier alpha value is -1.76. The third-order valence-corrected chi connectivity index (χ3v) is 5.74. The molecule has 1 aliphatic rings. The van der Waals surface area contributed by atoms with Crippen molar-refractivity contribution in [1.82, 2.24) is 15.2 Å². The van der Waals surface area contributed by atoms with E-state index in [4.69, 9.17) is 4.74 Å². The van der Waals surface area contributed by atoms with Crippen molar-refractivity contribution in [3.05, 3.63) is 40.9 Å². The first-order valence-corrected chi connectivity index (χ1v) is 10.7. The summed E-state index contributed by atoms with van der Waals surface area (Å²) < 4.78 is 5.35. The molecule has 146 valence electrons. The summed E-state index contributed by atoms with van der Waals surface area (Å²) >= 11 is 1.52. The zero-order valence-corrected chi connectivity index (χ0v) is 17.1. The van der Waals surface area contributed by atoms with E-state index in [1.165, 1.54) is 16.9 Å². The molecule has 6 heteroatoms. The minimum Gasteiger partial charge on any atom is -0.379 e. The fraction of sp³-hybridized carbons (Fsp3) is 0.524. The minimum atomic E-state index is -0.0809. The van der Waals surface area contributed by atoms with E-state index in [-0.39, 0.29) is 5.91 Å². The standard InChI is InChI=1S/C21H29N3O2S/c1-16(2)17-5-7-18(8-6-17)21-23-19(15-27-21)20(25)22-9-3-4-10-24-11-13-26-14-12-24/h5-8,15-16H,3-4,9-14H2,1-2H3,(H,22,25). The molecule has 1 amide bonds. The van der Waals surface area contributed by atoms with Crippen LogP contribution in [-0.2, 0) is 4.74 Å². The van der Waals surface area contributed by atoms with Gasteiger partial charge in [0.25, 0.3) is 5.91 Å². The molecular weight excluding hydrogens is 358 g/mol. The molecule has 2 heterocycles. The molecule has 1 aliphatic heterocycles. The van der Waals surface area contributed by atoms with Crippen LogP contribution in [0, 0.1) is 0 Å². The van der Waals surface area contributed by atoms with Crippen LogP contribution in [0.5, 0.6) is 0 Å². The van der Waals surface area contributed by atoms with Gasteiger partial charge >= 0.3 is 0 Å². The van der Waals surface area contributed by atoms with Gasteiger partial charge in [0.2, 0.25) is 0 Å². The molecule has 0 aliphatic carbocycles. The average molecular weight is 388 g/mol. The Labute approximate surface area is 165 Å². The maximum absolute atomic E-state index is 12.3. The number of rotatable bonds is 8. The Bertz CT molecular complexity index is 721. The third-order valence-electron chi connectivity index (χ3n) is 4.85. The topological polar surface area (TPSA) is 54.5 Å². The van der Waals surface area contributed by atoms with Crippen molar-refractivity contribution >= 4 is 17.2 Å². The van der Waals surface area contributed by atoms with Gasteiger partial charge in [0.05, 0.1) is 13.2 Å². The van der Waals surface area contributed by atoms with Crippen LogP contribution in [0.25, 0.3) is 10.6 Å². The van der Waals surface area contributed by atoms with Gasteiger partial charge in [-0.1, -0.05) is 38.1 Å². The number of thiazole rings is 1. The number of aromatic nitrogens is 1. The Morgan fingerprint density at radius 1 is 1.22 bits per heavy atom. The fourth-order valence-corrected chi connectivity index (χ4v) is 3.91. The number of morpholine rings is 1. The van der Waals surface area contributed by atoms with E-state index < -0.39 is 0 Å². The number of nitrogens with zero attached hydrogens (tertiary/aromatic N) is 2. The van der Waals surface area contributed by atoms with Gasteiger partial charge in [-0.15, -0.1) is 11.3 Å². The van der Waals surface area contributed by atoms with Gasteiger partial charge in [0.1, 0.15) is 10.7 Å². The van der Waals surface area contributed by atoms with E-state index in [2.05, 4.69) is 53.3 Å². The molecule has 0 unspecified atom stereocenters. The van der Waals surface area contributed by atoms with Gasteiger partial charge in [-0.3, -0.25) is 9.69 Å². The van der Waals surface area contributed by atoms with Gasteiger partial charge in [-0.2, -0.15) is 0 Å². The van der Waals surface area contributed by atoms with E-state index in [0.717, 1.165) is 56.3 Å². The highest BCUT2D eigenvalue weighted by Gasteiger charge is 2.12. The Balaban J connectivity index is 1.42. The molecule has 1 fully saturated rings. The van der Waals surface area contributed by atoms with Crippen LogP contribution < -0.4 is 5.32 Å². The first-order chi connectivity index (χ1) is 13.1. The molecule has 1 N–H and O–H groups in total. The molecule has 1 aromatic heterocycles. The summed E-state index contributed by atoms with van der Waals surface area (Å²) in [7, 11) is 0. The van der Waals surface area contributed by atoms with E-state index in [1.54, 1.807) is 0 Å². The number of hydrogen-bond acceptors (Lipinski definition) is 5. The summed E-state index contributed by atoms with van der Waals surface area (Å²) in [5.41, 5.74) is 2.88. The van der Waals surface area contributed by atoms with Crippen molar-refractivity contribution in [3.8, 4) is 10.6 Å². The fourth-order valence-electron chi connectivity index (χ4n) is 3.10. The molecule has 3 rings (SSSR count). The molecule has 1 saturated heterocycles. The lowest BCUT2D eigenvalue weighted by molar-refractivity contribution is 0.0372. The van der Waals surface area contributed by atoms with E-state index in [9.17, 15) is 4.79 Å². The molecule has 0 spiro atoms. The monoisotopic (exact) mass is 387 g/mol. The van der Waals surface area contributed by atoms with Crippen molar-refractivity contribution in [3.63, 3.8) is 0 Å². The molecule has 2 aromatic rings. The van der Waals surface area contributed by atoms with Gasteiger partial charge in [0, 0.05) is 30.6 Å². The van der Waals surface area contributed by atoms with Gasteiger partial charge in [-0.05, 0) is 30.9 Å². The smallest absolute Gasteiger partial charge is 0.270 e. The Morgan fingerprint density at radius 2 is 1.96 bits per heavy atom. The molecule has 27 heavy (non-hydrogen) atoms. The largest absolute Gasteiger partial charge is 0.379 e. The molecule has 0 bridgehead atoms. The maximum Gasteiger partial charge on any atom is 0.270 e. The Kier molecular flexibility index (Phi) is 7.38. The number of carbonyl (C=O) groups excluding carboxylic acids is 1. The van der Waals surface area contributed by atoms with Crippen molar-refractivity contribution in [2.24, 2.45) is 0 Å². The lowest BCUT2D eigenvalue weighted by Gasteiger charge is -2.26. The lowest BCUT2D eigenvalue weighted by Crippen LogP contribution is -2.37. The summed E-state index contributed by atoms with van der Waals surface area (Å²) in [6.07, 6.45) is 2.07. The van der Waals surface area contributed by atoms with Crippen molar-refractivity contribution in [2.75, 3.05) is 39.4 Å². The number of carbonyl (C=O) groups is 1. The Morgan fingerprint density at radius 3 is 2.67 bits per heavy atom. The minimum absolute atomic E-state index is 0.0809. The second kappa shape index (κ2) is 9.97. The highest BCUT2D eigenvalue weighted by molar-refractivity contribution is 7.13. The van der Waals surface area contributed by atoms with E-state index in [0.29, 0.717) is 18.2 Å². The molecule has 0 atom stereocenters. The van der Waals surface area contributed by atoms with Gasteiger partial charge in [0.15, 0.2) is 0 Å². The predicted molar refractivity (Wildman–Crippen MR) is 110 cm³/mol. The van der Waals surface area contributed by atoms with Crippen molar-refractivity contribution in [1.29, 1.82) is 0 Å². The number of amides is 1. The van der Waals surface area contributed by atoms with Crippen LogP contribution in [0.3, 0.4) is 0 Å². The van der Waals surface area contributed by atoms with Crippen LogP contribution in [0.2, 0.25) is 0 Å². The van der Waals surface area contributed by atoms with Crippen molar-refractivity contribution in [2.45, 2.75) is 32.6 Å². The van der Waals surface area contributed by atoms with Gasteiger partial charge < -0.3 is 10.1 Å². The molecule has 1 aromatic carbocycles. The first kappa shape index (κ1) is 20.0. The number of hydrogen-bond donors (Lipinski definition) is 1. The zero-order chi connectivity index (χ0) is 19.1. The summed E-state index contributed by atoms with van der Waals surface area (Å²) in [6, 6.07) is 8.44. The third kappa shape index (κ3) is 5.86. The van der Waals surface area contributed by atoms with Crippen molar-refractivity contribution < 1.29 is 9.53 Å². The summed E-state index contributed by atoms with van der Waals surface area (Å²) in [6.45, 7) is 9.85. The number of benzene rings is 1. The first-order valence-electron chi connectivity index (χ1n) is 9.77. The number of unbranched alkanes of at least 4 members (excludes halogenated alkanes) is 1. The zero-order valence-electron chi connectivity index (χ0n) is 16.2. The summed E-state index contributed by atoms with van der Waals surface area (Å²) in [5, 5.41) is 5.72. The highest BCUT2D eigenvalue weighted by Crippen LogP contribution is 2.25. The van der Waals surface area contributed by atoms with Gasteiger partial charge in [-0.25, -0.2) is 4.98 Å². The predicted octanol–water partition coefficient (Wildman–Crippen LogP) is 3.78. The van der Waals surface area contributed by atoms with Crippen LogP contribution in [0.1, 0.15) is 48.7 Å². The lowest BCUT2D eigenvalue weighted by atomic mass is 10.0. The van der Waals surface area contributed by atoms with E-state index >= 15 is 0 Å². The van der Waals surface area contributed by atoms with Crippen LogP contribution in [0.4, 0.5) is 0 Å². The summed E-state index contributed by atoms with van der Waals surface area (Å²) in [5.74, 6) is 0.433. The molecule has 5 nitrogen and oxygen atoms in total. The van der Waals surface area contributed by atoms with Crippen LogP contribution in [-0.4, -0.2) is 55.2 Å². The quantitative estimate of drug-likeness (QED) is 0.701. The van der Waals surface area contributed by atoms with E-state index in [1.807, 2.05) is 5.38 Å². The molecule has 0 radical (unpaired) electrons. The SMILES string of the molecule is CC(C)c1ccc(-c2nc(C(=O)NCCCCN3CCOCC3)cs2)cc1. The second-order valence-corrected chi connectivity index (χ2v) is 8.09. The molecule has 0 saturated carbocycles. The highest BCUT2D eigenvalue weighted by atomic mass is 32.1. The normalized spacial score (nSPS) is 15.2. The second-order valence-electron chi connectivity index (χ2n) is 7.23. The maximum atomic E-state index is 12.3. The number of nitrogens with one attached hydrogen (secondary N) is 1. The number of ether oxygens (including phenoxy) is 1. The summed E-state index contributed by atoms with van der Waals surface area (Å²) in [4.78, 5) is 19.2. The van der Waals surface area contributed by atoms with Crippen LogP contribution in [0.15, 0.2) is 29.6 Å².